The van der Waals surface area contributed by atoms with Crippen molar-refractivity contribution in [1.82, 2.24) is 9.21 Å². The fourth-order valence-corrected chi connectivity index (χ4v) is 3.69. The molecule has 0 spiro atoms. The minimum Gasteiger partial charge on any atom is -0.341 e. The lowest BCUT2D eigenvalue weighted by atomic mass is 10.0. The molecule has 1 amide bonds. The fraction of sp³-hybridized carbons (Fsp3) is 0.562. The summed E-state index contributed by atoms with van der Waals surface area (Å²) in [7, 11) is -3.50. The molecule has 2 rings (SSSR count). The molecule has 1 aliphatic rings. The number of carbonyl (C=O) groups excluding carboxylic acids is 1. The molecule has 0 aliphatic carbocycles. The molecule has 0 radical (unpaired) electrons. The lowest BCUT2D eigenvalue weighted by Crippen LogP contribution is -2.45. The summed E-state index contributed by atoms with van der Waals surface area (Å²) in [5.41, 5.74) is 0.694. The van der Waals surface area contributed by atoms with E-state index < -0.39 is 10.0 Å². The van der Waals surface area contributed by atoms with Gasteiger partial charge >= 0.3 is 0 Å². The number of sulfonamides is 1. The van der Waals surface area contributed by atoms with Gasteiger partial charge in [0.15, 0.2) is 0 Å². The number of likely N-dealkylation sites (tertiary alicyclic amines) is 1. The van der Waals surface area contributed by atoms with Gasteiger partial charge in [0, 0.05) is 24.7 Å². The van der Waals surface area contributed by atoms with E-state index in [0.717, 1.165) is 19.1 Å². The predicted molar refractivity (Wildman–Crippen MR) is 91.7 cm³/mol. The Labute approximate surface area is 143 Å². The Morgan fingerprint density at radius 1 is 1.39 bits per heavy atom. The summed E-state index contributed by atoms with van der Waals surface area (Å²) < 4.78 is 25.3. The van der Waals surface area contributed by atoms with Crippen molar-refractivity contribution in [2.75, 3.05) is 25.9 Å². The summed E-state index contributed by atoms with van der Waals surface area (Å²) in [5.74, 6) is 0.317. The van der Waals surface area contributed by atoms with E-state index in [2.05, 4.69) is 6.92 Å². The minimum absolute atomic E-state index is 0.105. The molecule has 1 aromatic carbocycles. The van der Waals surface area contributed by atoms with Gasteiger partial charge in [-0.3, -0.25) is 4.79 Å². The Kier molecular flexibility index (Phi) is 6.06. The summed E-state index contributed by atoms with van der Waals surface area (Å²) >= 11 is 6.11. The molecule has 23 heavy (non-hydrogen) atoms. The molecule has 1 atom stereocenters. The number of hydrogen-bond acceptors (Lipinski definition) is 3. The average Bonchev–Trinajstić information content (AvgIpc) is 2.47. The third-order valence-corrected chi connectivity index (χ3v) is 5.66. The quantitative estimate of drug-likeness (QED) is 0.811. The van der Waals surface area contributed by atoms with Crippen molar-refractivity contribution in [3.63, 3.8) is 0 Å². The zero-order valence-electron chi connectivity index (χ0n) is 13.5. The molecule has 0 saturated carbocycles. The van der Waals surface area contributed by atoms with Gasteiger partial charge in [0.05, 0.1) is 12.8 Å². The molecule has 1 aliphatic heterocycles. The van der Waals surface area contributed by atoms with Crippen LogP contribution in [-0.2, 0) is 21.4 Å². The molecule has 1 aromatic rings. The molecule has 1 saturated heterocycles. The van der Waals surface area contributed by atoms with Crippen molar-refractivity contribution >= 4 is 27.5 Å². The molecule has 1 fully saturated rings. The van der Waals surface area contributed by atoms with Crippen LogP contribution < -0.4 is 0 Å². The number of piperidine rings is 1. The summed E-state index contributed by atoms with van der Waals surface area (Å²) in [4.78, 5) is 14.2. The second-order valence-corrected chi connectivity index (χ2v) is 8.60. The fourth-order valence-electron chi connectivity index (χ4n) is 2.77. The second kappa shape index (κ2) is 7.64. The van der Waals surface area contributed by atoms with Crippen LogP contribution in [0.15, 0.2) is 24.3 Å². The lowest BCUT2D eigenvalue weighted by molar-refractivity contribution is -0.133. The van der Waals surface area contributed by atoms with Crippen LogP contribution in [0.2, 0.25) is 5.02 Å². The van der Waals surface area contributed by atoms with Gasteiger partial charge in [-0.05, 0) is 30.4 Å². The molecule has 1 unspecified atom stereocenters. The highest BCUT2D eigenvalue weighted by molar-refractivity contribution is 7.88. The smallest absolute Gasteiger partial charge is 0.237 e. The number of carbonyl (C=O) groups is 1. The molecule has 0 bridgehead atoms. The molecule has 128 valence electrons. The third-order valence-electron chi connectivity index (χ3n) is 4.09. The van der Waals surface area contributed by atoms with E-state index in [9.17, 15) is 13.2 Å². The van der Waals surface area contributed by atoms with Gasteiger partial charge < -0.3 is 4.90 Å². The van der Waals surface area contributed by atoms with Crippen LogP contribution in [0.5, 0.6) is 0 Å². The van der Waals surface area contributed by atoms with Gasteiger partial charge in [0.2, 0.25) is 15.9 Å². The number of amides is 1. The van der Waals surface area contributed by atoms with Crippen molar-refractivity contribution in [3.05, 3.63) is 34.9 Å². The van der Waals surface area contributed by atoms with Gasteiger partial charge in [0.25, 0.3) is 0 Å². The molecule has 0 aromatic heterocycles. The van der Waals surface area contributed by atoms with Crippen molar-refractivity contribution in [2.45, 2.75) is 26.3 Å². The highest BCUT2D eigenvalue weighted by Crippen LogP contribution is 2.20. The maximum atomic E-state index is 12.5. The average molecular weight is 359 g/mol. The molecular weight excluding hydrogens is 336 g/mol. The van der Waals surface area contributed by atoms with Crippen LogP contribution in [0.3, 0.4) is 0 Å². The summed E-state index contributed by atoms with van der Waals surface area (Å²) in [6.45, 7) is 3.47. The first-order valence-corrected chi connectivity index (χ1v) is 9.96. The summed E-state index contributed by atoms with van der Waals surface area (Å²) in [5, 5.41) is 0.500. The van der Waals surface area contributed by atoms with E-state index in [0.29, 0.717) is 29.6 Å². The highest BCUT2D eigenvalue weighted by atomic mass is 35.5. The van der Waals surface area contributed by atoms with Gasteiger partial charge in [-0.25, -0.2) is 8.42 Å². The van der Waals surface area contributed by atoms with E-state index in [4.69, 9.17) is 11.6 Å². The zero-order chi connectivity index (χ0) is 17.0. The zero-order valence-corrected chi connectivity index (χ0v) is 15.1. The van der Waals surface area contributed by atoms with Crippen molar-refractivity contribution in [1.29, 1.82) is 0 Å². The van der Waals surface area contributed by atoms with Gasteiger partial charge in [-0.15, -0.1) is 0 Å². The summed E-state index contributed by atoms with van der Waals surface area (Å²) in [6, 6.07) is 7.08. The Balaban J connectivity index is 2.10. The maximum absolute atomic E-state index is 12.5. The van der Waals surface area contributed by atoms with Crippen LogP contribution in [0.1, 0.15) is 25.3 Å². The first-order valence-electron chi connectivity index (χ1n) is 7.73. The molecule has 5 nitrogen and oxygen atoms in total. The highest BCUT2D eigenvalue weighted by Gasteiger charge is 2.26. The monoisotopic (exact) mass is 358 g/mol. The van der Waals surface area contributed by atoms with E-state index >= 15 is 0 Å². The van der Waals surface area contributed by atoms with E-state index in [1.54, 1.807) is 29.2 Å². The summed E-state index contributed by atoms with van der Waals surface area (Å²) in [6.07, 6.45) is 3.20. The standard InChI is InChI=1S/C16H23ClN2O3S/c1-13-6-5-9-18(10-13)16(20)12-19(23(2,21)22)11-14-7-3-4-8-15(14)17/h3-4,7-8,13H,5-6,9-12H2,1-2H3. The van der Waals surface area contributed by atoms with Crippen LogP contribution in [0.25, 0.3) is 0 Å². The Hall–Kier alpha value is -1.11. The number of rotatable bonds is 5. The molecule has 0 N–H and O–H groups in total. The van der Waals surface area contributed by atoms with E-state index in [1.807, 2.05) is 0 Å². The van der Waals surface area contributed by atoms with E-state index in [1.165, 1.54) is 4.31 Å². The topological polar surface area (TPSA) is 57.7 Å². The van der Waals surface area contributed by atoms with Crippen LogP contribution in [0, 0.1) is 5.92 Å². The number of halogens is 1. The van der Waals surface area contributed by atoms with Crippen LogP contribution in [0.4, 0.5) is 0 Å². The Morgan fingerprint density at radius 3 is 2.70 bits per heavy atom. The normalized spacial score (nSPS) is 19.1. The molecule has 1 heterocycles. The Bertz CT molecular complexity index is 663. The van der Waals surface area contributed by atoms with Gasteiger partial charge in [0.1, 0.15) is 0 Å². The van der Waals surface area contributed by atoms with Gasteiger partial charge in [-0.2, -0.15) is 4.31 Å². The van der Waals surface area contributed by atoms with Crippen LogP contribution in [-0.4, -0.2) is 49.4 Å². The van der Waals surface area contributed by atoms with Crippen molar-refractivity contribution in [3.8, 4) is 0 Å². The molecular formula is C16H23ClN2O3S. The van der Waals surface area contributed by atoms with Gasteiger partial charge in [-0.1, -0.05) is 36.7 Å². The van der Waals surface area contributed by atoms with E-state index in [-0.39, 0.29) is 19.0 Å². The largest absolute Gasteiger partial charge is 0.341 e. The minimum atomic E-state index is -3.50. The SMILES string of the molecule is CC1CCCN(C(=O)CN(Cc2ccccc2Cl)S(C)(=O)=O)C1. The first kappa shape index (κ1) is 18.2. The van der Waals surface area contributed by atoms with Crippen molar-refractivity contribution < 1.29 is 13.2 Å². The second-order valence-electron chi connectivity index (χ2n) is 6.21. The van der Waals surface area contributed by atoms with Crippen molar-refractivity contribution in [2.24, 2.45) is 5.92 Å². The third kappa shape index (κ3) is 5.19. The number of benzene rings is 1. The Morgan fingerprint density at radius 2 is 2.09 bits per heavy atom. The van der Waals surface area contributed by atoms with Crippen LogP contribution >= 0.6 is 11.6 Å². The number of hydrogen-bond donors (Lipinski definition) is 0. The lowest BCUT2D eigenvalue weighted by Gasteiger charge is -2.32. The molecule has 7 heteroatoms. The maximum Gasteiger partial charge on any atom is 0.237 e. The number of nitrogens with zero attached hydrogens (tertiary/aromatic N) is 2. The first-order chi connectivity index (χ1) is 10.8. The predicted octanol–water partition coefficient (Wildman–Crippen LogP) is 2.36.